The molecule has 1 amide bonds. The first kappa shape index (κ1) is 27.9. The van der Waals surface area contributed by atoms with E-state index >= 15 is 0 Å². The molecule has 0 radical (unpaired) electrons. The topological polar surface area (TPSA) is 104 Å². The van der Waals surface area contributed by atoms with Crippen molar-refractivity contribution in [2.24, 2.45) is 0 Å². The van der Waals surface area contributed by atoms with Gasteiger partial charge in [0.05, 0.1) is 29.3 Å². The lowest BCUT2D eigenvalue weighted by Crippen LogP contribution is -2.50. The van der Waals surface area contributed by atoms with Gasteiger partial charge < -0.3 is 14.9 Å². The number of aromatic nitrogens is 3. The van der Waals surface area contributed by atoms with Gasteiger partial charge in [-0.2, -0.15) is 0 Å². The summed E-state index contributed by atoms with van der Waals surface area (Å²) in [6.07, 6.45) is 0.938. The molecule has 6 rings (SSSR count). The van der Waals surface area contributed by atoms with Crippen LogP contribution in [0.15, 0.2) is 76.3 Å². The maximum absolute atomic E-state index is 14.0. The lowest BCUT2D eigenvalue weighted by molar-refractivity contribution is 0.0794. The summed E-state index contributed by atoms with van der Waals surface area (Å²) >= 11 is 0. The summed E-state index contributed by atoms with van der Waals surface area (Å²) < 4.78 is 2.45. The maximum atomic E-state index is 14.0. The fraction of sp³-hybridized carbons (Fsp3) is 0.375. The van der Waals surface area contributed by atoms with Crippen molar-refractivity contribution >= 4 is 22.6 Å². The fourth-order valence-corrected chi connectivity index (χ4v) is 6.10. The number of carbonyl (C=O) groups is 1. The number of carbonyl (C=O) groups excluding carboxylic acids is 1. The van der Waals surface area contributed by atoms with Crippen LogP contribution in [0.5, 0.6) is 0 Å². The van der Waals surface area contributed by atoms with Gasteiger partial charge in [-0.25, -0.2) is 14.3 Å². The average Bonchev–Trinajstić information content (AvgIpc) is 3.55. The largest absolute Gasteiger partial charge is 0.390 e. The number of β-amino-alcohol motifs (C(OH)–C–C–N with tert-alkyl or cyclic N) is 1. The van der Waals surface area contributed by atoms with Crippen LogP contribution in [0.2, 0.25) is 0 Å². The highest BCUT2D eigenvalue weighted by molar-refractivity contribution is 6.05. The van der Waals surface area contributed by atoms with Crippen LogP contribution in [0.25, 0.3) is 16.7 Å². The van der Waals surface area contributed by atoms with Crippen LogP contribution in [-0.4, -0.2) is 86.8 Å². The molecular formula is C32H36N6O4. The van der Waals surface area contributed by atoms with E-state index in [1.807, 2.05) is 24.3 Å². The van der Waals surface area contributed by atoms with Crippen LogP contribution in [-0.2, 0) is 6.54 Å². The summed E-state index contributed by atoms with van der Waals surface area (Å²) in [5.74, 6) is -0.234. The van der Waals surface area contributed by atoms with E-state index in [0.717, 1.165) is 43.6 Å². The summed E-state index contributed by atoms with van der Waals surface area (Å²) in [5, 5.41) is 11.4. The minimum atomic E-state index is -0.893. The van der Waals surface area contributed by atoms with Gasteiger partial charge in [0, 0.05) is 57.2 Å². The molecule has 1 atom stereocenters. The monoisotopic (exact) mass is 568 g/mol. The van der Waals surface area contributed by atoms with Crippen molar-refractivity contribution in [1.29, 1.82) is 0 Å². The molecule has 42 heavy (non-hydrogen) atoms. The van der Waals surface area contributed by atoms with Crippen molar-refractivity contribution in [3.63, 3.8) is 0 Å². The Morgan fingerprint density at radius 1 is 0.857 bits per heavy atom. The number of pyridine rings is 1. The van der Waals surface area contributed by atoms with Crippen molar-refractivity contribution in [3.8, 4) is 5.69 Å². The van der Waals surface area contributed by atoms with E-state index in [9.17, 15) is 19.5 Å². The number of rotatable bonds is 7. The average molecular weight is 569 g/mol. The number of hydrogen-bond donors (Lipinski definition) is 1. The Labute approximate surface area is 244 Å². The zero-order valence-corrected chi connectivity index (χ0v) is 23.9. The second kappa shape index (κ2) is 11.9. The first-order valence-corrected chi connectivity index (χ1v) is 14.6. The second-order valence-electron chi connectivity index (χ2n) is 11.2. The number of hydrogen-bond acceptors (Lipinski definition) is 7. The third kappa shape index (κ3) is 5.47. The molecule has 4 aromatic rings. The molecule has 2 aliphatic rings. The van der Waals surface area contributed by atoms with Crippen molar-refractivity contribution in [2.75, 3.05) is 50.7 Å². The highest BCUT2D eigenvalue weighted by atomic mass is 16.3. The van der Waals surface area contributed by atoms with Crippen LogP contribution in [0.1, 0.15) is 28.9 Å². The number of aliphatic hydroxyl groups excluding tert-OH is 1. The number of benzene rings is 2. The van der Waals surface area contributed by atoms with Gasteiger partial charge in [-0.1, -0.05) is 36.4 Å². The molecule has 0 saturated carbocycles. The first-order valence-electron chi connectivity index (χ1n) is 14.6. The molecule has 0 spiro atoms. The minimum absolute atomic E-state index is 0.0604. The first-order chi connectivity index (χ1) is 20.4. The summed E-state index contributed by atoms with van der Waals surface area (Å²) in [7, 11) is 0. The van der Waals surface area contributed by atoms with Crippen LogP contribution in [0, 0.1) is 6.92 Å². The number of aliphatic hydroxyl groups is 1. The van der Waals surface area contributed by atoms with Gasteiger partial charge in [0.1, 0.15) is 0 Å². The van der Waals surface area contributed by atoms with Crippen molar-refractivity contribution < 1.29 is 9.90 Å². The number of likely N-dealkylation sites (tertiary alicyclic amines) is 1. The Morgan fingerprint density at radius 2 is 1.48 bits per heavy atom. The molecule has 218 valence electrons. The molecule has 1 unspecified atom stereocenters. The van der Waals surface area contributed by atoms with Gasteiger partial charge in [0.2, 0.25) is 0 Å². The number of nitrogens with zero attached hydrogens (tertiary/aromatic N) is 6. The number of amides is 1. The van der Waals surface area contributed by atoms with E-state index in [1.54, 1.807) is 42.2 Å². The van der Waals surface area contributed by atoms with Crippen LogP contribution in [0.3, 0.4) is 0 Å². The Bertz CT molecular complexity index is 1690. The molecule has 0 bridgehead atoms. The summed E-state index contributed by atoms with van der Waals surface area (Å²) in [4.78, 5) is 52.4. The third-order valence-electron chi connectivity index (χ3n) is 8.22. The van der Waals surface area contributed by atoms with E-state index in [4.69, 9.17) is 0 Å². The number of anilines is 1. The van der Waals surface area contributed by atoms with Crippen molar-refractivity contribution in [1.82, 2.24) is 23.9 Å². The lowest BCUT2D eigenvalue weighted by Gasteiger charge is -2.37. The van der Waals surface area contributed by atoms with E-state index in [2.05, 4.69) is 26.9 Å². The molecule has 2 aromatic carbocycles. The molecule has 10 heteroatoms. The molecule has 4 heterocycles. The van der Waals surface area contributed by atoms with Crippen LogP contribution >= 0.6 is 0 Å². The van der Waals surface area contributed by atoms with Gasteiger partial charge in [-0.05, 0) is 50.1 Å². The summed E-state index contributed by atoms with van der Waals surface area (Å²) in [6.45, 7) is 6.53. The molecule has 2 aromatic heterocycles. The standard InChI is InChI=1S/C32H36N6O4/c1-23-20-27(30(40)36-14-8-9-15-36)28-29(33-23)37(32(42)38(31(28)41)25-12-6-3-7-13-25)22-26(39)21-34-16-18-35(19-17-34)24-10-4-2-5-11-24/h2-7,10-13,20,26,39H,8-9,14-19,21-22H2,1H3. The Morgan fingerprint density at radius 3 is 2.12 bits per heavy atom. The zero-order valence-electron chi connectivity index (χ0n) is 23.9. The van der Waals surface area contributed by atoms with Gasteiger partial charge in [-0.15, -0.1) is 0 Å². The summed E-state index contributed by atoms with van der Waals surface area (Å²) in [5.41, 5.74) is 1.31. The molecule has 2 fully saturated rings. The van der Waals surface area contributed by atoms with Gasteiger partial charge in [-0.3, -0.25) is 19.1 Å². The normalized spacial score (nSPS) is 16.7. The maximum Gasteiger partial charge on any atom is 0.337 e. The molecule has 10 nitrogen and oxygen atoms in total. The molecule has 0 aliphatic carbocycles. The highest BCUT2D eigenvalue weighted by Crippen LogP contribution is 2.21. The van der Waals surface area contributed by atoms with E-state index in [-0.39, 0.29) is 29.0 Å². The number of fused-ring (bicyclic) bond motifs is 1. The highest BCUT2D eigenvalue weighted by Gasteiger charge is 2.28. The smallest absolute Gasteiger partial charge is 0.337 e. The lowest BCUT2D eigenvalue weighted by atomic mass is 10.1. The number of para-hydroxylation sites is 2. The Hall–Kier alpha value is -4.28. The van der Waals surface area contributed by atoms with Gasteiger partial charge in [0.15, 0.2) is 5.65 Å². The predicted molar refractivity (Wildman–Crippen MR) is 163 cm³/mol. The number of aryl methyl sites for hydroxylation is 1. The zero-order chi connectivity index (χ0) is 29.2. The third-order valence-corrected chi connectivity index (χ3v) is 8.22. The molecule has 2 saturated heterocycles. The van der Waals surface area contributed by atoms with E-state index < -0.39 is 17.4 Å². The van der Waals surface area contributed by atoms with E-state index in [0.29, 0.717) is 31.0 Å². The Balaban J connectivity index is 1.35. The van der Waals surface area contributed by atoms with Crippen molar-refractivity contribution in [3.05, 3.63) is 98.8 Å². The predicted octanol–water partition coefficient (Wildman–Crippen LogP) is 2.27. The van der Waals surface area contributed by atoms with Crippen LogP contribution in [0.4, 0.5) is 5.69 Å². The summed E-state index contributed by atoms with van der Waals surface area (Å²) in [6, 6.07) is 20.6. The molecule has 2 aliphatic heterocycles. The van der Waals surface area contributed by atoms with Crippen LogP contribution < -0.4 is 16.1 Å². The minimum Gasteiger partial charge on any atom is -0.390 e. The van der Waals surface area contributed by atoms with Gasteiger partial charge in [0.25, 0.3) is 11.5 Å². The van der Waals surface area contributed by atoms with Gasteiger partial charge >= 0.3 is 5.69 Å². The van der Waals surface area contributed by atoms with E-state index in [1.165, 1.54) is 10.3 Å². The number of piperazine rings is 1. The quantitative estimate of drug-likeness (QED) is 0.365. The second-order valence-corrected chi connectivity index (χ2v) is 11.2. The molecular weight excluding hydrogens is 532 g/mol. The fourth-order valence-electron chi connectivity index (χ4n) is 6.10. The molecule has 1 N–H and O–H groups in total. The van der Waals surface area contributed by atoms with Crippen molar-refractivity contribution in [2.45, 2.75) is 32.4 Å². The SMILES string of the molecule is Cc1cc(C(=O)N2CCCC2)c2c(=O)n(-c3ccccc3)c(=O)n(CC(O)CN3CCN(c4ccccc4)CC3)c2n1. The Kier molecular flexibility index (Phi) is 7.90.